The van der Waals surface area contributed by atoms with Crippen molar-refractivity contribution >= 4 is 28.9 Å². The summed E-state index contributed by atoms with van der Waals surface area (Å²) < 4.78 is 0. The number of benzene rings is 2. The predicted molar refractivity (Wildman–Crippen MR) is 101 cm³/mol. The van der Waals surface area contributed by atoms with Gasteiger partial charge in [-0.3, -0.25) is 9.79 Å². The first-order valence-corrected chi connectivity index (χ1v) is 8.27. The van der Waals surface area contributed by atoms with E-state index in [1.165, 1.54) is 6.92 Å². The average Bonchev–Trinajstić information content (AvgIpc) is 2.73. The molecule has 1 aliphatic heterocycles. The molecule has 0 radical (unpaired) electrons. The summed E-state index contributed by atoms with van der Waals surface area (Å²) >= 11 is 6.11. The summed E-state index contributed by atoms with van der Waals surface area (Å²) in [5, 5.41) is 16.6. The van der Waals surface area contributed by atoms with Gasteiger partial charge in [-0.05, 0) is 25.1 Å². The average molecular weight is 361 g/mol. The molecule has 0 bridgehead atoms. The molecule has 3 rings (SSSR count). The molecule has 1 amide bonds. The lowest BCUT2D eigenvalue weighted by atomic mass is 10.0. The molecular formula is C19H21ClN2O3. The number of amides is 1. The summed E-state index contributed by atoms with van der Waals surface area (Å²) in [5.74, 6) is -0.0282. The number of carbonyl (C=O) groups is 1. The van der Waals surface area contributed by atoms with Gasteiger partial charge in [-0.25, -0.2) is 0 Å². The van der Waals surface area contributed by atoms with E-state index in [0.29, 0.717) is 5.02 Å². The number of rotatable bonds is 2. The van der Waals surface area contributed by atoms with E-state index in [1.807, 2.05) is 42.5 Å². The maximum absolute atomic E-state index is 12.0. The third-order valence-corrected chi connectivity index (χ3v) is 3.87. The summed E-state index contributed by atoms with van der Waals surface area (Å²) in [6, 6.07) is 15.3. The van der Waals surface area contributed by atoms with Gasteiger partial charge in [-0.2, -0.15) is 0 Å². The molecule has 2 aromatic carbocycles. The quantitative estimate of drug-likeness (QED) is 0.864. The van der Waals surface area contributed by atoms with Crippen LogP contribution < -0.4 is 4.90 Å². The molecule has 2 N–H and O–H groups in total. The second-order valence-electron chi connectivity index (χ2n) is 5.68. The molecule has 0 saturated carbocycles. The van der Waals surface area contributed by atoms with E-state index in [-0.39, 0.29) is 19.1 Å². The van der Waals surface area contributed by atoms with Crippen LogP contribution in [0.1, 0.15) is 18.1 Å². The zero-order valence-corrected chi connectivity index (χ0v) is 14.9. The number of hydrogen-bond donors (Lipinski definition) is 2. The van der Waals surface area contributed by atoms with Gasteiger partial charge in [0, 0.05) is 23.2 Å². The van der Waals surface area contributed by atoms with Gasteiger partial charge in [0.25, 0.3) is 0 Å². The first kappa shape index (κ1) is 19.1. The summed E-state index contributed by atoms with van der Waals surface area (Å²) in [6.07, 6.45) is -0.560. The van der Waals surface area contributed by atoms with Crippen molar-refractivity contribution in [2.75, 3.05) is 25.1 Å². The molecule has 0 aromatic heterocycles. The van der Waals surface area contributed by atoms with Gasteiger partial charge in [0.15, 0.2) is 0 Å². The monoisotopic (exact) mass is 360 g/mol. The normalized spacial score (nSPS) is 14.7. The van der Waals surface area contributed by atoms with Crippen LogP contribution in [0.2, 0.25) is 5.02 Å². The van der Waals surface area contributed by atoms with Crippen LogP contribution in [0.15, 0.2) is 53.5 Å². The van der Waals surface area contributed by atoms with E-state index < -0.39 is 6.10 Å². The van der Waals surface area contributed by atoms with E-state index in [1.54, 1.807) is 18.0 Å². The Morgan fingerprint density at radius 3 is 2.48 bits per heavy atom. The van der Waals surface area contributed by atoms with Crippen LogP contribution in [0.3, 0.4) is 0 Å². The highest BCUT2D eigenvalue weighted by atomic mass is 35.5. The van der Waals surface area contributed by atoms with E-state index in [9.17, 15) is 4.79 Å². The highest BCUT2D eigenvalue weighted by Gasteiger charge is 2.22. The van der Waals surface area contributed by atoms with E-state index in [2.05, 4.69) is 4.99 Å². The summed E-state index contributed by atoms with van der Waals surface area (Å²) in [6.45, 7) is 1.53. The third-order valence-electron chi connectivity index (χ3n) is 3.63. The van der Waals surface area contributed by atoms with E-state index in [0.717, 1.165) is 22.5 Å². The molecule has 5 nitrogen and oxygen atoms in total. The Hall–Kier alpha value is -2.21. The minimum absolute atomic E-state index is 0.0282. The van der Waals surface area contributed by atoms with Gasteiger partial charge in [0.1, 0.15) is 6.54 Å². The van der Waals surface area contributed by atoms with Crippen molar-refractivity contribution in [1.29, 1.82) is 0 Å². The van der Waals surface area contributed by atoms with Crippen LogP contribution in [0.25, 0.3) is 0 Å². The largest absolute Gasteiger partial charge is 0.394 e. The zero-order valence-electron chi connectivity index (χ0n) is 14.2. The molecule has 1 heterocycles. The lowest BCUT2D eigenvalue weighted by Gasteiger charge is -2.18. The maximum Gasteiger partial charge on any atom is 0.248 e. The van der Waals surface area contributed by atoms with Crippen LogP contribution in [0.5, 0.6) is 0 Å². The zero-order chi connectivity index (χ0) is 18.4. The highest BCUT2D eigenvalue weighted by Crippen LogP contribution is 2.28. The summed E-state index contributed by atoms with van der Waals surface area (Å²) in [7, 11) is 1.76. The molecule has 2 aromatic rings. The fourth-order valence-corrected chi connectivity index (χ4v) is 2.48. The Kier molecular flexibility index (Phi) is 6.70. The van der Waals surface area contributed by atoms with Crippen LogP contribution in [0, 0.1) is 0 Å². The third kappa shape index (κ3) is 4.89. The minimum atomic E-state index is -0.560. The van der Waals surface area contributed by atoms with E-state index >= 15 is 0 Å². The topological polar surface area (TPSA) is 73.1 Å². The Morgan fingerprint density at radius 1 is 1.24 bits per heavy atom. The second kappa shape index (κ2) is 8.76. The van der Waals surface area contributed by atoms with Crippen molar-refractivity contribution < 1.29 is 15.0 Å². The first-order chi connectivity index (χ1) is 11.9. The number of halogens is 1. The molecule has 0 aliphatic carbocycles. The molecular weight excluding hydrogens is 340 g/mol. The molecule has 1 atom stereocenters. The Labute approximate surface area is 152 Å². The minimum Gasteiger partial charge on any atom is -0.394 e. The number of carbonyl (C=O) groups excluding carboxylic acids is 1. The lowest BCUT2D eigenvalue weighted by molar-refractivity contribution is -0.116. The number of aliphatic hydroxyl groups excluding tert-OH is 2. The van der Waals surface area contributed by atoms with Gasteiger partial charge in [0.05, 0.1) is 24.1 Å². The molecule has 1 unspecified atom stereocenters. The first-order valence-electron chi connectivity index (χ1n) is 7.89. The fourth-order valence-electron chi connectivity index (χ4n) is 2.31. The molecule has 0 saturated heterocycles. The Morgan fingerprint density at radius 2 is 1.88 bits per heavy atom. The van der Waals surface area contributed by atoms with Crippen molar-refractivity contribution in [2.45, 2.75) is 13.0 Å². The van der Waals surface area contributed by atoms with Gasteiger partial charge in [0.2, 0.25) is 5.91 Å². The van der Waals surface area contributed by atoms with Gasteiger partial charge < -0.3 is 15.1 Å². The van der Waals surface area contributed by atoms with Crippen molar-refractivity contribution in [2.24, 2.45) is 4.99 Å². The van der Waals surface area contributed by atoms with Gasteiger partial charge in [-0.15, -0.1) is 0 Å². The van der Waals surface area contributed by atoms with Crippen molar-refractivity contribution in [3.8, 4) is 0 Å². The van der Waals surface area contributed by atoms with Crippen LogP contribution in [0.4, 0.5) is 5.69 Å². The van der Waals surface area contributed by atoms with Crippen LogP contribution >= 0.6 is 11.6 Å². The molecule has 132 valence electrons. The molecule has 6 heteroatoms. The highest BCUT2D eigenvalue weighted by molar-refractivity contribution is 6.32. The second-order valence-corrected chi connectivity index (χ2v) is 6.11. The van der Waals surface area contributed by atoms with Crippen molar-refractivity contribution in [1.82, 2.24) is 0 Å². The number of aliphatic imine (C=N–C) groups is 1. The van der Waals surface area contributed by atoms with Crippen molar-refractivity contribution in [3.63, 3.8) is 0 Å². The SMILES string of the molecule is CC(O)CO.CN1C(=O)CN=C(c2ccccc2)c2cc(Cl)ccc21. The number of hydrogen-bond acceptors (Lipinski definition) is 4. The maximum atomic E-state index is 12.0. The van der Waals surface area contributed by atoms with Crippen molar-refractivity contribution in [3.05, 3.63) is 64.7 Å². The number of aliphatic hydroxyl groups is 2. The van der Waals surface area contributed by atoms with Gasteiger partial charge >= 0.3 is 0 Å². The Bertz CT molecular complexity index is 761. The predicted octanol–water partition coefficient (Wildman–Crippen LogP) is 2.51. The standard InChI is InChI=1S/C16H13ClN2O.C3H8O2/c1-19-14-8-7-12(17)9-13(14)16(18-10-15(19)20)11-5-3-2-4-6-11;1-3(5)2-4/h2-9H,10H2,1H3;3-5H,2H2,1H3. The molecule has 1 aliphatic rings. The number of anilines is 1. The lowest BCUT2D eigenvalue weighted by Crippen LogP contribution is -2.27. The smallest absolute Gasteiger partial charge is 0.248 e. The fraction of sp³-hybridized carbons (Fsp3) is 0.263. The summed E-state index contributed by atoms with van der Waals surface area (Å²) in [4.78, 5) is 18.1. The number of fused-ring (bicyclic) bond motifs is 1. The molecule has 0 spiro atoms. The number of nitrogens with zero attached hydrogens (tertiary/aromatic N) is 2. The van der Waals surface area contributed by atoms with Gasteiger partial charge in [-0.1, -0.05) is 41.9 Å². The number of benzodiazepines with no additional fused rings is 1. The molecule has 25 heavy (non-hydrogen) atoms. The Balaban J connectivity index is 0.000000399. The van der Waals surface area contributed by atoms with Crippen LogP contribution in [-0.2, 0) is 4.79 Å². The molecule has 0 fully saturated rings. The van der Waals surface area contributed by atoms with E-state index in [4.69, 9.17) is 21.8 Å². The van der Waals surface area contributed by atoms with Crippen LogP contribution in [-0.4, -0.2) is 48.1 Å². The summed E-state index contributed by atoms with van der Waals surface area (Å²) in [5.41, 5.74) is 3.51. The number of likely N-dealkylation sites (N-methyl/N-ethyl adjacent to an activating group) is 1.